The third-order valence-corrected chi connectivity index (χ3v) is 8.17. The van der Waals surface area contributed by atoms with Crippen LogP contribution in [0.1, 0.15) is 45.8 Å². The quantitative estimate of drug-likeness (QED) is 0.341. The van der Waals surface area contributed by atoms with E-state index in [0.29, 0.717) is 13.1 Å². The van der Waals surface area contributed by atoms with Gasteiger partial charge in [0.15, 0.2) is 0 Å². The van der Waals surface area contributed by atoms with E-state index in [1.165, 1.54) is 42.1 Å². The predicted molar refractivity (Wildman–Crippen MR) is 139 cm³/mol. The fourth-order valence-electron chi connectivity index (χ4n) is 5.25. The van der Waals surface area contributed by atoms with Crippen LogP contribution in [0.15, 0.2) is 66.7 Å². The van der Waals surface area contributed by atoms with E-state index in [9.17, 15) is 4.79 Å². The molecule has 0 bridgehead atoms. The Kier molecular flexibility index (Phi) is 5.90. The number of para-hydroxylation sites is 1. The summed E-state index contributed by atoms with van der Waals surface area (Å²) in [4.78, 5) is 25.4. The Morgan fingerprint density at radius 1 is 0.882 bits per heavy atom. The molecule has 0 N–H and O–H groups in total. The molecule has 4 nitrogen and oxygen atoms in total. The summed E-state index contributed by atoms with van der Waals surface area (Å²) >= 11 is 1.84. The molecule has 2 aromatic heterocycles. The number of nitrogens with zero attached hydrogens (tertiary/aromatic N) is 3. The summed E-state index contributed by atoms with van der Waals surface area (Å²) in [5.41, 5.74) is 5.16. The Balaban J connectivity index is 1.17. The molecular formula is C29H29N3OS. The number of amides is 1. The minimum absolute atomic E-state index is 0.150. The Hall–Kier alpha value is -3.02. The number of hydrogen-bond donors (Lipinski definition) is 0. The van der Waals surface area contributed by atoms with Gasteiger partial charge in [0.2, 0.25) is 0 Å². The molecule has 2 aliphatic heterocycles. The van der Waals surface area contributed by atoms with E-state index < -0.39 is 0 Å². The molecule has 0 unspecified atom stereocenters. The van der Waals surface area contributed by atoms with Crippen molar-refractivity contribution in [1.29, 1.82) is 0 Å². The normalized spacial score (nSPS) is 16.4. The number of aromatic nitrogens is 1. The van der Waals surface area contributed by atoms with Crippen molar-refractivity contribution in [3.63, 3.8) is 0 Å². The van der Waals surface area contributed by atoms with Gasteiger partial charge in [0.1, 0.15) is 0 Å². The second-order valence-electron chi connectivity index (χ2n) is 9.41. The zero-order valence-corrected chi connectivity index (χ0v) is 20.2. The first kappa shape index (κ1) is 21.5. The lowest BCUT2D eigenvalue weighted by Gasteiger charge is -2.25. The summed E-state index contributed by atoms with van der Waals surface area (Å²) in [5.74, 6) is 0.150. The van der Waals surface area contributed by atoms with Crippen molar-refractivity contribution in [3.05, 3.63) is 88.4 Å². The Morgan fingerprint density at radius 3 is 2.68 bits per heavy atom. The molecule has 0 atom stereocenters. The lowest BCUT2D eigenvalue weighted by atomic mass is 10.0. The molecule has 1 amide bonds. The summed E-state index contributed by atoms with van der Waals surface area (Å²) in [6, 6.07) is 23.1. The van der Waals surface area contributed by atoms with E-state index in [1.54, 1.807) is 0 Å². The first-order valence-corrected chi connectivity index (χ1v) is 13.1. The third-order valence-electron chi connectivity index (χ3n) is 7.06. The van der Waals surface area contributed by atoms with Crippen molar-refractivity contribution in [1.82, 2.24) is 14.8 Å². The van der Waals surface area contributed by atoms with Crippen LogP contribution in [0.4, 0.5) is 0 Å². The lowest BCUT2D eigenvalue weighted by Crippen LogP contribution is -2.28. The highest BCUT2D eigenvalue weighted by molar-refractivity contribution is 7.15. The van der Waals surface area contributed by atoms with Crippen LogP contribution in [-0.4, -0.2) is 40.3 Å². The largest absolute Gasteiger partial charge is 0.334 e. The van der Waals surface area contributed by atoms with Crippen LogP contribution in [-0.2, 0) is 19.5 Å². The van der Waals surface area contributed by atoms with Crippen molar-refractivity contribution in [2.75, 3.05) is 19.6 Å². The fraction of sp³-hybridized carbons (Fsp3) is 0.310. The monoisotopic (exact) mass is 467 g/mol. The molecule has 34 heavy (non-hydrogen) atoms. The van der Waals surface area contributed by atoms with Crippen LogP contribution in [0.5, 0.6) is 0 Å². The van der Waals surface area contributed by atoms with Gasteiger partial charge >= 0.3 is 0 Å². The van der Waals surface area contributed by atoms with Crippen LogP contribution >= 0.6 is 11.3 Å². The van der Waals surface area contributed by atoms with Crippen LogP contribution in [0.2, 0.25) is 0 Å². The highest BCUT2D eigenvalue weighted by Crippen LogP contribution is 2.36. The number of fused-ring (bicyclic) bond motifs is 2. The number of hydrogen-bond acceptors (Lipinski definition) is 4. The van der Waals surface area contributed by atoms with Gasteiger partial charge < -0.3 is 4.90 Å². The topological polar surface area (TPSA) is 36.4 Å². The zero-order valence-electron chi connectivity index (χ0n) is 19.4. The zero-order chi connectivity index (χ0) is 22.9. The first-order chi connectivity index (χ1) is 16.7. The number of likely N-dealkylation sites (tertiary alicyclic amines) is 1. The highest BCUT2D eigenvalue weighted by atomic mass is 32.1. The average molecular weight is 468 g/mol. The number of piperidine rings is 1. The molecule has 6 rings (SSSR count). The summed E-state index contributed by atoms with van der Waals surface area (Å²) < 4.78 is 0. The molecular weight excluding hydrogens is 438 g/mol. The van der Waals surface area contributed by atoms with Crippen molar-refractivity contribution in [2.45, 2.75) is 38.8 Å². The number of benzene rings is 2. The van der Waals surface area contributed by atoms with Gasteiger partial charge in [0, 0.05) is 52.5 Å². The second-order valence-corrected chi connectivity index (χ2v) is 10.6. The predicted octanol–water partition coefficient (Wildman–Crippen LogP) is 6.15. The van der Waals surface area contributed by atoms with Gasteiger partial charge in [-0.3, -0.25) is 14.7 Å². The molecule has 2 aliphatic rings. The third kappa shape index (κ3) is 4.26. The lowest BCUT2D eigenvalue weighted by molar-refractivity contribution is 0.0780. The van der Waals surface area contributed by atoms with Crippen LogP contribution in [0, 0.1) is 0 Å². The number of rotatable bonds is 6. The van der Waals surface area contributed by atoms with E-state index in [4.69, 9.17) is 4.98 Å². The maximum Gasteiger partial charge on any atom is 0.255 e. The Morgan fingerprint density at radius 2 is 1.76 bits per heavy atom. The molecule has 1 fully saturated rings. The number of thiophene rings is 1. The van der Waals surface area contributed by atoms with E-state index in [2.05, 4.69) is 53.4 Å². The van der Waals surface area contributed by atoms with Crippen LogP contribution in [0.3, 0.4) is 0 Å². The van der Waals surface area contributed by atoms with E-state index >= 15 is 0 Å². The van der Waals surface area contributed by atoms with Crippen molar-refractivity contribution in [3.8, 4) is 10.4 Å². The maximum absolute atomic E-state index is 13.5. The molecule has 0 saturated carbocycles. The van der Waals surface area contributed by atoms with Crippen LogP contribution in [0.25, 0.3) is 21.3 Å². The molecule has 4 aromatic rings. The van der Waals surface area contributed by atoms with E-state index in [1.807, 2.05) is 34.4 Å². The fourth-order valence-corrected chi connectivity index (χ4v) is 6.33. The summed E-state index contributed by atoms with van der Waals surface area (Å²) in [7, 11) is 0. The molecule has 2 aromatic carbocycles. The van der Waals surface area contributed by atoms with Gasteiger partial charge in [-0.1, -0.05) is 48.9 Å². The van der Waals surface area contributed by atoms with Gasteiger partial charge in [-0.25, -0.2) is 0 Å². The molecule has 5 heteroatoms. The maximum atomic E-state index is 13.5. The van der Waals surface area contributed by atoms with Gasteiger partial charge in [-0.05, 0) is 55.8 Å². The minimum atomic E-state index is 0.150. The average Bonchev–Trinajstić information content (AvgIpc) is 3.47. The molecule has 0 aliphatic carbocycles. The second kappa shape index (κ2) is 9.32. The van der Waals surface area contributed by atoms with Gasteiger partial charge in [-0.2, -0.15) is 0 Å². The van der Waals surface area contributed by atoms with E-state index in [0.717, 1.165) is 46.3 Å². The molecule has 172 valence electrons. The molecule has 1 saturated heterocycles. The minimum Gasteiger partial charge on any atom is -0.334 e. The van der Waals surface area contributed by atoms with Crippen molar-refractivity contribution >= 4 is 28.1 Å². The van der Waals surface area contributed by atoms with E-state index in [-0.39, 0.29) is 5.91 Å². The standard InChI is InChI=1S/C29H29N3OS/c33-29-28-22(19-32(29)18-15-23-12-11-21-7-2-3-10-26(21)30-23)8-6-9-25(28)27-14-13-24(34-27)20-31-16-4-1-5-17-31/h2-3,6-14H,1,4-5,15-20H2. The van der Waals surface area contributed by atoms with Gasteiger partial charge in [-0.15, -0.1) is 11.3 Å². The summed E-state index contributed by atoms with van der Waals surface area (Å²) in [6.07, 6.45) is 4.74. The Bertz CT molecular complexity index is 1340. The first-order valence-electron chi connectivity index (χ1n) is 12.3. The molecule has 4 heterocycles. The molecule has 0 radical (unpaired) electrons. The summed E-state index contributed by atoms with van der Waals surface area (Å²) in [6.45, 7) is 4.80. The molecule has 0 spiro atoms. The van der Waals surface area contributed by atoms with Gasteiger partial charge in [0.25, 0.3) is 5.91 Å². The summed E-state index contributed by atoms with van der Waals surface area (Å²) in [5, 5.41) is 1.15. The number of pyridine rings is 1. The highest BCUT2D eigenvalue weighted by Gasteiger charge is 2.30. The van der Waals surface area contributed by atoms with Crippen molar-refractivity contribution < 1.29 is 4.79 Å². The number of carbonyl (C=O) groups is 1. The SMILES string of the molecule is O=C1c2c(cccc2-c2ccc(CN3CCCCC3)s2)CN1CCc1ccc2ccccc2n1. The van der Waals surface area contributed by atoms with Crippen LogP contribution < -0.4 is 0 Å². The van der Waals surface area contributed by atoms with Crippen molar-refractivity contribution in [2.24, 2.45) is 0 Å². The van der Waals surface area contributed by atoms with Gasteiger partial charge in [0.05, 0.1) is 11.1 Å². The smallest absolute Gasteiger partial charge is 0.255 e. The number of carbonyl (C=O) groups excluding carboxylic acids is 1. The Labute approximate surface area is 204 Å².